The lowest BCUT2D eigenvalue weighted by Crippen LogP contribution is -2.44. The molecule has 2 nitrogen and oxygen atoms in total. The Bertz CT molecular complexity index is 175. The summed E-state index contributed by atoms with van der Waals surface area (Å²) in [5.41, 5.74) is 0. The number of piperidine rings is 1. The maximum atomic E-state index is 3.52. The van der Waals surface area contributed by atoms with Crippen LogP contribution in [0, 0.1) is 5.92 Å². The van der Waals surface area contributed by atoms with Crippen LogP contribution in [0.2, 0.25) is 0 Å². The first-order chi connectivity index (χ1) is 7.40. The van der Waals surface area contributed by atoms with Gasteiger partial charge in [-0.1, -0.05) is 19.3 Å². The molecule has 1 aliphatic heterocycles. The molecule has 1 saturated heterocycles. The van der Waals surface area contributed by atoms with Crippen LogP contribution >= 0.6 is 0 Å². The van der Waals surface area contributed by atoms with Gasteiger partial charge < -0.3 is 10.2 Å². The number of hydrogen-bond acceptors (Lipinski definition) is 2. The van der Waals surface area contributed by atoms with Crippen LogP contribution in [0.5, 0.6) is 0 Å². The average molecular weight is 210 g/mol. The third-order valence-corrected chi connectivity index (χ3v) is 4.22. The molecule has 0 amide bonds. The molecule has 0 aromatic rings. The van der Waals surface area contributed by atoms with Crippen molar-refractivity contribution in [3.8, 4) is 0 Å². The molecule has 2 atom stereocenters. The second kappa shape index (κ2) is 5.86. The highest BCUT2D eigenvalue weighted by atomic mass is 15.1. The van der Waals surface area contributed by atoms with Gasteiger partial charge in [-0.05, 0) is 51.7 Å². The van der Waals surface area contributed by atoms with Crippen LogP contribution in [0.1, 0.15) is 44.9 Å². The molecule has 2 fully saturated rings. The number of nitrogens with one attached hydrogen (secondary N) is 1. The quantitative estimate of drug-likeness (QED) is 0.768. The Hall–Kier alpha value is -0.0800. The highest BCUT2D eigenvalue weighted by molar-refractivity contribution is 4.82. The second-order valence-electron chi connectivity index (χ2n) is 5.30. The van der Waals surface area contributed by atoms with Gasteiger partial charge in [0.05, 0.1) is 0 Å². The molecule has 0 aromatic carbocycles. The van der Waals surface area contributed by atoms with Crippen LogP contribution in [0.25, 0.3) is 0 Å². The van der Waals surface area contributed by atoms with Crippen LogP contribution in [0.15, 0.2) is 0 Å². The van der Waals surface area contributed by atoms with Gasteiger partial charge in [-0.15, -0.1) is 0 Å². The first kappa shape index (κ1) is 11.4. The van der Waals surface area contributed by atoms with Crippen molar-refractivity contribution in [1.29, 1.82) is 0 Å². The van der Waals surface area contributed by atoms with Gasteiger partial charge in [-0.2, -0.15) is 0 Å². The van der Waals surface area contributed by atoms with Crippen molar-refractivity contribution in [1.82, 2.24) is 10.2 Å². The van der Waals surface area contributed by atoms with Gasteiger partial charge in [0.25, 0.3) is 0 Å². The lowest BCUT2D eigenvalue weighted by Gasteiger charge is -2.36. The van der Waals surface area contributed by atoms with Crippen molar-refractivity contribution in [3.63, 3.8) is 0 Å². The predicted molar refractivity (Wildman–Crippen MR) is 65.1 cm³/mol. The molecule has 1 saturated carbocycles. The third-order valence-electron chi connectivity index (χ3n) is 4.22. The third kappa shape index (κ3) is 3.18. The summed E-state index contributed by atoms with van der Waals surface area (Å²) < 4.78 is 0. The Balaban J connectivity index is 1.79. The minimum atomic E-state index is 0.792. The Morgan fingerprint density at radius 3 is 2.47 bits per heavy atom. The highest BCUT2D eigenvalue weighted by Crippen LogP contribution is 2.25. The van der Waals surface area contributed by atoms with E-state index in [2.05, 4.69) is 17.3 Å². The van der Waals surface area contributed by atoms with Gasteiger partial charge in [-0.25, -0.2) is 0 Å². The van der Waals surface area contributed by atoms with E-state index in [1.807, 2.05) is 0 Å². The smallest absolute Gasteiger partial charge is 0.0104 e. The Morgan fingerprint density at radius 2 is 1.73 bits per heavy atom. The normalized spacial score (nSPS) is 34.2. The maximum Gasteiger partial charge on any atom is 0.0104 e. The largest absolute Gasteiger partial charge is 0.317 e. The van der Waals surface area contributed by atoms with Crippen molar-refractivity contribution in [2.45, 2.75) is 51.0 Å². The van der Waals surface area contributed by atoms with Gasteiger partial charge in [0.2, 0.25) is 0 Å². The van der Waals surface area contributed by atoms with E-state index in [0.717, 1.165) is 12.0 Å². The van der Waals surface area contributed by atoms with Gasteiger partial charge in [0, 0.05) is 12.6 Å². The van der Waals surface area contributed by atoms with E-state index in [1.165, 1.54) is 64.6 Å². The highest BCUT2D eigenvalue weighted by Gasteiger charge is 2.25. The summed E-state index contributed by atoms with van der Waals surface area (Å²) in [6.45, 7) is 4.06. The fourth-order valence-electron chi connectivity index (χ4n) is 3.28. The van der Waals surface area contributed by atoms with E-state index >= 15 is 0 Å². The lowest BCUT2D eigenvalue weighted by atomic mass is 9.84. The van der Waals surface area contributed by atoms with E-state index in [1.54, 1.807) is 0 Å². The minimum Gasteiger partial charge on any atom is -0.317 e. The van der Waals surface area contributed by atoms with E-state index in [0.29, 0.717) is 0 Å². The summed E-state index contributed by atoms with van der Waals surface area (Å²) in [6.07, 6.45) is 10.0. The fraction of sp³-hybridized carbons (Fsp3) is 1.00. The van der Waals surface area contributed by atoms with Gasteiger partial charge in [0.1, 0.15) is 0 Å². The number of nitrogens with zero attached hydrogens (tertiary/aromatic N) is 1. The van der Waals surface area contributed by atoms with Crippen molar-refractivity contribution in [2.24, 2.45) is 5.92 Å². The number of hydrogen-bond donors (Lipinski definition) is 1. The molecule has 0 aromatic heterocycles. The van der Waals surface area contributed by atoms with Crippen LogP contribution < -0.4 is 5.32 Å². The first-order valence-corrected chi connectivity index (χ1v) is 6.80. The molecule has 88 valence electrons. The van der Waals surface area contributed by atoms with Crippen molar-refractivity contribution < 1.29 is 0 Å². The van der Waals surface area contributed by atoms with Crippen LogP contribution in [0.4, 0.5) is 0 Å². The predicted octanol–water partition coefficient (Wildman–Crippen LogP) is 2.25. The Kier molecular flexibility index (Phi) is 4.45. The molecule has 0 spiro atoms. The molecule has 2 rings (SSSR count). The zero-order valence-electron chi connectivity index (χ0n) is 10.2. The van der Waals surface area contributed by atoms with E-state index in [-0.39, 0.29) is 0 Å². The topological polar surface area (TPSA) is 15.3 Å². The number of likely N-dealkylation sites (tertiary alicyclic amines) is 1. The molecular formula is C13H26N2. The van der Waals surface area contributed by atoms with Crippen molar-refractivity contribution in [2.75, 3.05) is 26.7 Å². The number of rotatable bonds is 3. The maximum absolute atomic E-state index is 3.52. The van der Waals surface area contributed by atoms with Crippen molar-refractivity contribution in [3.05, 3.63) is 0 Å². The van der Waals surface area contributed by atoms with E-state index < -0.39 is 0 Å². The molecule has 2 heteroatoms. The molecule has 2 unspecified atom stereocenters. The lowest BCUT2D eigenvalue weighted by molar-refractivity contribution is 0.152. The summed E-state index contributed by atoms with van der Waals surface area (Å²) in [6, 6.07) is 0.792. The summed E-state index contributed by atoms with van der Waals surface area (Å²) in [5.74, 6) is 0.918. The van der Waals surface area contributed by atoms with Gasteiger partial charge in [-0.3, -0.25) is 0 Å². The zero-order valence-corrected chi connectivity index (χ0v) is 10.2. The zero-order chi connectivity index (χ0) is 10.5. The summed E-state index contributed by atoms with van der Waals surface area (Å²) in [7, 11) is 2.14. The molecule has 1 N–H and O–H groups in total. The average Bonchev–Trinajstić information content (AvgIpc) is 2.31. The molecular weight excluding hydrogens is 184 g/mol. The molecule has 1 aliphatic carbocycles. The first-order valence-electron chi connectivity index (χ1n) is 6.80. The molecule has 1 heterocycles. The monoisotopic (exact) mass is 210 g/mol. The summed E-state index contributed by atoms with van der Waals surface area (Å²) >= 11 is 0. The summed E-state index contributed by atoms with van der Waals surface area (Å²) in [4.78, 5) is 2.70. The van der Waals surface area contributed by atoms with Crippen LogP contribution in [-0.2, 0) is 0 Å². The Morgan fingerprint density at radius 1 is 1.00 bits per heavy atom. The molecule has 0 radical (unpaired) electrons. The van der Waals surface area contributed by atoms with Crippen molar-refractivity contribution >= 4 is 0 Å². The van der Waals surface area contributed by atoms with Crippen LogP contribution in [-0.4, -0.2) is 37.6 Å². The molecule has 0 bridgehead atoms. The van der Waals surface area contributed by atoms with E-state index in [9.17, 15) is 0 Å². The molecule has 15 heavy (non-hydrogen) atoms. The fourth-order valence-corrected chi connectivity index (χ4v) is 3.28. The van der Waals surface area contributed by atoms with Gasteiger partial charge in [0.15, 0.2) is 0 Å². The minimum absolute atomic E-state index is 0.792. The van der Waals surface area contributed by atoms with Gasteiger partial charge >= 0.3 is 0 Å². The molecule has 2 aliphatic rings. The SMILES string of the molecule is CNC1CCCCC1CN1CCCCC1. The Labute approximate surface area is 94.4 Å². The standard InChI is InChI=1S/C13H26N2/c1-14-13-8-4-3-7-12(13)11-15-9-5-2-6-10-15/h12-14H,2-11H2,1H3. The second-order valence-corrected chi connectivity index (χ2v) is 5.30. The van der Waals surface area contributed by atoms with Crippen LogP contribution in [0.3, 0.4) is 0 Å². The summed E-state index contributed by atoms with van der Waals surface area (Å²) in [5, 5.41) is 3.52. The van der Waals surface area contributed by atoms with E-state index in [4.69, 9.17) is 0 Å².